The van der Waals surface area contributed by atoms with Crippen molar-refractivity contribution in [2.24, 2.45) is 0 Å². The topological polar surface area (TPSA) is 68.0 Å². The molecule has 0 bridgehead atoms. The van der Waals surface area contributed by atoms with Crippen molar-refractivity contribution in [1.82, 2.24) is 4.90 Å². The Kier molecular flexibility index (Phi) is 5.81. The molecular formula is C19H29N3O3. The Hall–Kier alpha value is -1.79. The van der Waals surface area contributed by atoms with Crippen LogP contribution in [0.15, 0.2) is 18.2 Å². The second-order valence-corrected chi connectivity index (χ2v) is 7.05. The van der Waals surface area contributed by atoms with Crippen LogP contribution in [0.5, 0.6) is 0 Å². The van der Waals surface area contributed by atoms with Crippen LogP contribution in [0.3, 0.4) is 0 Å². The Morgan fingerprint density at radius 3 is 2.52 bits per heavy atom. The lowest BCUT2D eigenvalue weighted by Crippen LogP contribution is -2.48. The fourth-order valence-electron chi connectivity index (χ4n) is 3.64. The van der Waals surface area contributed by atoms with Gasteiger partial charge in [0, 0.05) is 32.6 Å². The monoisotopic (exact) mass is 347 g/mol. The maximum atomic E-state index is 12.5. The molecule has 1 aromatic carbocycles. The molecule has 6 heteroatoms. The molecule has 6 nitrogen and oxygen atoms in total. The van der Waals surface area contributed by atoms with Crippen molar-refractivity contribution in [3.63, 3.8) is 0 Å². The van der Waals surface area contributed by atoms with E-state index in [0.29, 0.717) is 25.9 Å². The second kappa shape index (κ2) is 8.06. The predicted octanol–water partition coefficient (Wildman–Crippen LogP) is 1.67. The summed E-state index contributed by atoms with van der Waals surface area (Å²) in [7, 11) is 0. The number of rotatable bonds is 4. The number of nitrogens with two attached hydrogens (primary N) is 1. The van der Waals surface area contributed by atoms with Gasteiger partial charge in [-0.1, -0.05) is 6.07 Å². The quantitative estimate of drug-likeness (QED) is 0.839. The highest BCUT2D eigenvalue weighted by Crippen LogP contribution is 2.26. The van der Waals surface area contributed by atoms with Gasteiger partial charge in [-0.2, -0.15) is 0 Å². The molecule has 0 aliphatic carbocycles. The zero-order valence-electron chi connectivity index (χ0n) is 15.2. The first-order valence-corrected chi connectivity index (χ1v) is 9.17. The van der Waals surface area contributed by atoms with Crippen molar-refractivity contribution in [2.75, 3.05) is 50.0 Å². The Balaban J connectivity index is 1.56. The SMILES string of the molecule is CC1CN(C(=O)CCc2ccc(N3CCOCC3)c(N)c2)CC(C)O1. The van der Waals surface area contributed by atoms with Crippen LogP contribution in [-0.2, 0) is 20.7 Å². The molecule has 2 atom stereocenters. The third-order valence-corrected chi connectivity index (χ3v) is 4.84. The number of hydrogen-bond acceptors (Lipinski definition) is 5. The van der Waals surface area contributed by atoms with Gasteiger partial charge >= 0.3 is 0 Å². The highest BCUT2D eigenvalue weighted by atomic mass is 16.5. The summed E-state index contributed by atoms with van der Waals surface area (Å²) in [6, 6.07) is 6.15. The molecule has 0 spiro atoms. The third-order valence-electron chi connectivity index (χ3n) is 4.84. The number of amides is 1. The number of nitrogens with zero attached hydrogens (tertiary/aromatic N) is 2. The summed E-state index contributed by atoms with van der Waals surface area (Å²) >= 11 is 0. The van der Waals surface area contributed by atoms with Gasteiger partial charge in [-0.15, -0.1) is 0 Å². The summed E-state index contributed by atoms with van der Waals surface area (Å²) in [4.78, 5) is 16.7. The van der Waals surface area contributed by atoms with Crippen molar-refractivity contribution in [1.29, 1.82) is 0 Å². The van der Waals surface area contributed by atoms with Crippen LogP contribution in [-0.4, -0.2) is 62.4 Å². The summed E-state index contributed by atoms with van der Waals surface area (Å²) in [6.45, 7) is 8.62. The smallest absolute Gasteiger partial charge is 0.223 e. The van der Waals surface area contributed by atoms with Gasteiger partial charge < -0.3 is 25.0 Å². The fourth-order valence-corrected chi connectivity index (χ4v) is 3.64. The number of nitrogen functional groups attached to an aromatic ring is 1. The minimum absolute atomic E-state index is 0.108. The molecular weight excluding hydrogens is 318 g/mol. The van der Waals surface area contributed by atoms with Gasteiger partial charge in [0.1, 0.15) is 0 Å². The summed E-state index contributed by atoms with van der Waals surface area (Å²) in [5.74, 6) is 0.192. The average molecular weight is 347 g/mol. The highest BCUT2D eigenvalue weighted by Gasteiger charge is 2.25. The van der Waals surface area contributed by atoms with Crippen LogP contribution in [0.2, 0.25) is 0 Å². The number of morpholine rings is 2. The van der Waals surface area contributed by atoms with Crippen LogP contribution in [0.25, 0.3) is 0 Å². The molecule has 2 unspecified atom stereocenters. The van der Waals surface area contributed by atoms with Crippen molar-refractivity contribution in [3.05, 3.63) is 23.8 Å². The van der Waals surface area contributed by atoms with Crippen molar-refractivity contribution < 1.29 is 14.3 Å². The molecule has 3 rings (SSSR count). The molecule has 2 N–H and O–H groups in total. The van der Waals surface area contributed by atoms with E-state index in [1.165, 1.54) is 0 Å². The summed E-state index contributed by atoms with van der Waals surface area (Å²) in [5.41, 5.74) is 9.19. The van der Waals surface area contributed by atoms with Crippen LogP contribution < -0.4 is 10.6 Å². The number of anilines is 2. The zero-order chi connectivity index (χ0) is 17.8. The second-order valence-electron chi connectivity index (χ2n) is 7.05. The number of benzene rings is 1. The highest BCUT2D eigenvalue weighted by molar-refractivity contribution is 5.77. The maximum Gasteiger partial charge on any atom is 0.223 e. The normalized spacial score (nSPS) is 24.4. The molecule has 138 valence electrons. The van der Waals surface area contributed by atoms with Gasteiger partial charge in [0.05, 0.1) is 36.8 Å². The average Bonchev–Trinajstić information content (AvgIpc) is 2.59. The van der Waals surface area contributed by atoms with E-state index in [4.69, 9.17) is 15.2 Å². The molecule has 0 aromatic heterocycles. The van der Waals surface area contributed by atoms with Crippen molar-refractivity contribution >= 4 is 17.3 Å². The number of carbonyl (C=O) groups is 1. The van der Waals surface area contributed by atoms with E-state index < -0.39 is 0 Å². The summed E-state index contributed by atoms with van der Waals surface area (Å²) in [6.07, 6.45) is 1.44. The largest absolute Gasteiger partial charge is 0.397 e. The minimum atomic E-state index is 0.108. The first-order valence-electron chi connectivity index (χ1n) is 9.17. The van der Waals surface area contributed by atoms with Crippen molar-refractivity contribution in [3.8, 4) is 0 Å². The minimum Gasteiger partial charge on any atom is -0.397 e. The molecule has 2 heterocycles. The van der Waals surface area contributed by atoms with Crippen LogP contribution in [0.1, 0.15) is 25.8 Å². The lowest BCUT2D eigenvalue weighted by molar-refractivity contribution is -0.143. The van der Waals surface area contributed by atoms with E-state index >= 15 is 0 Å². The van der Waals surface area contributed by atoms with Gasteiger partial charge in [-0.05, 0) is 38.0 Å². The summed E-state index contributed by atoms with van der Waals surface area (Å²) in [5, 5.41) is 0. The fraction of sp³-hybridized carbons (Fsp3) is 0.632. The zero-order valence-corrected chi connectivity index (χ0v) is 15.2. The summed E-state index contributed by atoms with van der Waals surface area (Å²) < 4.78 is 11.1. The standard InChI is InChI=1S/C19H29N3O3/c1-14-12-22(13-15(2)25-14)19(23)6-4-16-3-5-18(17(20)11-16)21-7-9-24-10-8-21/h3,5,11,14-15H,4,6-10,12-13,20H2,1-2H3. The first-order chi connectivity index (χ1) is 12.0. The van der Waals surface area contributed by atoms with Gasteiger partial charge in [0.25, 0.3) is 0 Å². The lowest BCUT2D eigenvalue weighted by Gasteiger charge is -2.35. The molecule has 2 aliphatic heterocycles. The van der Waals surface area contributed by atoms with Gasteiger partial charge in [-0.25, -0.2) is 0 Å². The first kappa shape index (κ1) is 18.0. The number of hydrogen-bond donors (Lipinski definition) is 1. The van der Waals surface area contributed by atoms with Gasteiger partial charge in [0.2, 0.25) is 5.91 Å². The molecule has 1 aromatic rings. The molecule has 0 radical (unpaired) electrons. The Labute approximate surface area is 149 Å². The van der Waals surface area contributed by atoms with Crippen molar-refractivity contribution in [2.45, 2.75) is 38.9 Å². The van der Waals surface area contributed by atoms with Crippen LogP contribution in [0.4, 0.5) is 11.4 Å². The Bertz CT molecular complexity index is 592. The van der Waals surface area contributed by atoms with Crippen LogP contribution >= 0.6 is 0 Å². The molecule has 2 saturated heterocycles. The maximum absolute atomic E-state index is 12.5. The molecule has 1 amide bonds. The molecule has 0 saturated carbocycles. The Morgan fingerprint density at radius 1 is 1.20 bits per heavy atom. The Morgan fingerprint density at radius 2 is 1.88 bits per heavy atom. The van der Waals surface area contributed by atoms with E-state index in [-0.39, 0.29) is 18.1 Å². The lowest BCUT2D eigenvalue weighted by atomic mass is 10.1. The van der Waals surface area contributed by atoms with E-state index in [2.05, 4.69) is 17.0 Å². The molecule has 2 aliphatic rings. The van der Waals surface area contributed by atoms with E-state index in [1.54, 1.807) is 0 Å². The number of ether oxygens (including phenoxy) is 2. The van der Waals surface area contributed by atoms with Crippen LogP contribution in [0, 0.1) is 0 Å². The van der Waals surface area contributed by atoms with Gasteiger partial charge in [-0.3, -0.25) is 4.79 Å². The molecule has 25 heavy (non-hydrogen) atoms. The van der Waals surface area contributed by atoms with Gasteiger partial charge in [0.15, 0.2) is 0 Å². The van der Waals surface area contributed by atoms with E-state index in [9.17, 15) is 4.79 Å². The molecule has 2 fully saturated rings. The van der Waals surface area contributed by atoms with E-state index in [0.717, 1.165) is 43.2 Å². The third kappa shape index (κ3) is 4.64. The van der Waals surface area contributed by atoms with E-state index in [1.807, 2.05) is 24.8 Å². The number of aryl methyl sites for hydroxylation is 1. The number of carbonyl (C=O) groups excluding carboxylic acids is 1. The predicted molar refractivity (Wildman–Crippen MR) is 98.8 cm³/mol.